The summed E-state index contributed by atoms with van der Waals surface area (Å²) in [4.78, 5) is 4.39. The summed E-state index contributed by atoms with van der Waals surface area (Å²) >= 11 is 6.40. The molecule has 0 saturated heterocycles. The van der Waals surface area contributed by atoms with E-state index in [9.17, 15) is 14.6 Å². The first-order valence-corrected chi connectivity index (χ1v) is 7.56. The molecular formula is C17H20ClFN2O2. The van der Waals surface area contributed by atoms with Gasteiger partial charge < -0.3 is 15.9 Å². The third-order valence-corrected chi connectivity index (χ3v) is 4.07. The van der Waals surface area contributed by atoms with E-state index < -0.39 is 11.2 Å². The van der Waals surface area contributed by atoms with Gasteiger partial charge in [0.25, 0.3) is 0 Å². The molecule has 0 aliphatic heterocycles. The van der Waals surface area contributed by atoms with Gasteiger partial charge in [-0.25, -0.2) is 9.37 Å². The Balaban J connectivity index is 2.75. The zero-order chi connectivity index (χ0) is 17.4. The summed E-state index contributed by atoms with van der Waals surface area (Å²) in [7, 11) is 0. The van der Waals surface area contributed by atoms with E-state index >= 15 is 0 Å². The molecule has 6 heteroatoms. The lowest BCUT2D eigenvalue weighted by atomic mass is 9.92. The molecule has 0 saturated carbocycles. The van der Waals surface area contributed by atoms with Crippen LogP contribution in [0.25, 0.3) is 11.3 Å². The van der Waals surface area contributed by atoms with Crippen molar-refractivity contribution in [2.45, 2.75) is 32.0 Å². The summed E-state index contributed by atoms with van der Waals surface area (Å²) < 4.78 is 13.1. The molecule has 0 spiro atoms. The molecule has 2 rings (SSSR count). The van der Waals surface area contributed by atoms with Gasteiger partial charge in [-0.2, -0.15) is 0 Å². The van der Waals surface area contributed by atoms with Crippen LogP contribution in [0.5, 0.6) is 0 Å². The van der Waals surface area contributed by atoms with Crippen molar-refractivity contribution in [3.63, 3.8) is 0 Å². The fourth-order valence-electron chi connectivity index (χ4n) is 2.15. The molecule has 1 heterocycles. The number of nitrogens with zero attached hydrogens (tertiary/aromatic N) is 1. The van der Waals surface area contributed by atoms with Gasteiger partial charge in [-0.15, -0.1) is 0 Å². The smallest absolute Gasteiger partial charge is 0.123 e. The largest absolute Gasteiger partial charge is 0.386 e. The highest BCUT2D eigenvalue weighted by Gasteiger charge is 2.30. The van der Waals surface area contributed by atoms with Gasteiger partial charge in [-0.05, 0) is 51.1 Å². The summed E-state index contributed by atoms with van der Waals surface area (Å²) in [6, 6.07) is 7.22. The first kappa shape index (κ1) is 17.8. The molecule has 0 unspecified atom stereocenters. The SMILES string of the molecule is CC(C)(O)c1cc([C@](C)(O)CN)nc(-c2ccc(F)cc2)c1Cl. The van der Waals surface area contributed by atoms with Gasteiger partial charge in [0.2, 0.25) is 0 Å². The number of hydrogen-bond donors (Lipinski definition) is 3. The van der Waals surface area contributed by atoms with Gasteiger partial charge >= 0.3 is 0 Å². The second-order valence-corrected chi connectivity index (χ2v) is 6.64. The minimum absolute atomic E-state index is 0.0458. The number of aliphatic hydroxyl groups is 2. The maximum atomic E-state index is 13.1. The van der Waals surface area contributed by atoms with Crippen molar-refractivity contribution in [1.29, 1.82) is 0 Å². The number of pyridine rings is 1. The molecule has 0 aliphatic carbocycles. The molecular weight excluding hydrogens is 319 g/mol. The number of rotatable bonds is 4. The van der Waals surface area contributed by atoms with Crippen LogP contribution < -0.4 is 5.73 Å². The average Bonchev–Trinajstić information content (AvgIpc) is 2.47. The molecule has 23 heavy (non-hydrogen) atoms. The van der Waals surface area contributed by atoms with E-state index in [1.807, 2.05) is 0 Å². The van der Waals surface area contributed by atoms with Crippen molar-refractivity contribution in [3.8, 4) is 11.3 Å². The standard InChI is InChI=1S/C17H20ClFN2O2/c1-16(2,22)12-8-13(17(3,23)9-20)21-15(14(12)18)10-4-6-11(19)7-5-10/h4-8,22-23H,9,20H2,1-3H3/t17-/m1/s1. The molecule has 2 aromatic rings. The summed E-state index contributed by atoms with van der Waals surface area (Å²) in [6.45, 7) is 4.66. The van der Waals surface area contributed by atoms with Crippen LogP contribution in [-0.2, 0) is 11.2 Å². The van der Waals surface area contributed by atoms with E-state index in [1.54, 1.807) is 32.0 Å². The lowest BCUT2D eigenvalue weighted by Crippen LogP contribution is -2.33. The lowest BCUT2D eigenvalue weighted by molar-refractivity contribution is 0.0595. The molecule has 0 fully saturated rings. The Kier molecular flexibility index (Phi) is 4.78. The monoisotopic (exact) mass is 338 g/mol. The van der Waals surface area contributed by atoms with Gasteiger partial charge in [0.1, 0.15) is 11.4 Å². The Morgan fingerprint density at radius 1 is 1.17 bits per heavy atom. The van der Waals surface area contributed by atoms with Crippen molar-refractivity contribution in [3.05, 3.63) is 52.4 Å². The van der Waals surface area contributed by atoms with E-state index in [2.05, 4.69) is 4.98 Å². The van der Waals surface area contributed by atoms with Crippen LogP contribution in [0.2, 0.25) is 5.02 Å². The van der Waals surface area contributed by atoms with E-state index in [-0.39, 0.29) is 17.4 Å². The van der Waals surface area contributed by atoms with Crippen LogP contribution in [0.3, 0.4) is 0 Å². The fraction of sp³-hybridized carbons (Fsp3) is 0.353. The Bertz CT molecular complexity index is 710. The van der Waals surface area contributed by atoms with Gasteiger partial charge in [0.05, 0.1) is 22.0 Å². The van der Waals surface area contributed by atoms with Crippen molar-refractivity contribution >= 4 is 11.6 Å². The van der Waals surface area contributed by atoms with Crippen LogP contribution in [-0.4, -0.2) is 21.7 Å². The number of hydrogen-bond acceptors (Lipinski definition) is 4. The molecule has 1 aromatic carbocycles. The maximum absolute atomic E-state index is 13.1. The quantitative estimate of drug-likeness (QED) is 0.800. The second kappa shape index (κ2) is 6.17. The van der Waals surface area contributed by atoms with Crippen LogP contribution in [0.1, 0.15) is 32.0 Å². The third kappa shape index (κ3) is 3.70. The summed E-state index contributed by atoms with van der Waals surface area (Å²) in [5.74, 6) is -0.377. The molecule has 1 aromatic heterocycles. The molecule has 4 N–H and O–H groups in total. The van der Waals surface area contributed by atoms with Crippen LogP contribution in [0.4, 0.5) is 4.39 Å². The van der Waals surface area contributed by atoms with Crippen molar-refractivity contribution in [1.82, 2.24) is 4.98 Å². The maximum Gasteiger partial charge on any atom is 0.123 e. The molecule has 0 amide bonds. The number of nitrogens with two attached hydrogens (primary N) is 1. The molecule has 1 atom stereocenters. The van der Waals surface area contributed by atoms with Gasteiger partial charge in [0.15, 0.2) is 0 Å². The van der Waals surface area contributed by atoms with Crippen LogP contribution in [0.15, 0.2) is 30.3 Å². The normalized spacial score (nSPS) is 14.6. The topological polar surface area (TPSA) is 79.4 Å². The zero-order valence-electron chi connectivity index (χ0n) is 13.3. The minimum atomic E-state index is -1.38. The summed E-state index contributed by atoms with van der Waals surface area (Å²) in [5.41, 5.74) is 4.63. The number of aromatic nitrogens is 1. The average molecular weight is 339 g/mol. The molecule has 4 nitrogen and oxygen atoms in total. The predicted molar refractivity (Wildman–Crippen MR) is 88.5 cm³/mol. The van der Waals surface area contributed by atoms with Gasteiger partial charge in [-0.1, -0.05) is 11.6 Å². The molecule has 0 aliphatic rings. The Morgan fingerprint density at radius 3 is 2.22 bits per heavy atom. The fourth-order valence-corrected chi connectivity index (χ4v) is 2.59. The lowest BCUT2D eigenvalue weighted by Gasteiger charge is -2.26. The van der Waals surface area contributed by atoms with Crippen molar-refractivity contribution in [2.24, 2.45) is 5.73 Å². The Morgan fingerprint density at radius 2 is 1.74 bits per heavy atom. The molecule has 0 radical (unpaired) electrons. The first-order chi connectivity index (χ1) is 10.6. The van der Waals surface area contributed by atoms with Crippen LogP contribution >= 0.6 is 11.6 Å². The minimum Gasteiger partial charge on any atom is -0.386 e. The van der Waals surface area contributed by atoms with Crippen LogP contribution in [0, 0.1) is 5.82 Å². The number of halogens is 2. The highest BCUT2D eigenvalue weighted by atomic mass is 35.5. The highest BCUT2D eigenvalue weighted by molar-refractivity contribution is 6.34. The van der Waals surface area contributed by atoms with E-state index in [0.717, 1.165) is 0 Å². The van der Waals surface area contributed by atoms with Gasteiger partial charge in [0, 0.05) is 17.7 Å². The first-order valence-electron chi connectivity index (χ1n) is 7.18. The van der Waals surface area contributed by atoms with Gasteiger partial charge in [-0.3, -0.25) is 0 Å². The second-order valence-electron chi connectivity index (χ2n) is 6.26. The molecule has 124 valence electrons. The zero-order valence-corrected chi connectivity index (χ0v) is 14.0. The Labute approximate surface area is 139 Å². The number of benzene rings is 1. The third-order valence-electron chi connectivity index (χ3n) is 3.68. The van der Waals surface area contributed by atoms with Crippen molar-refractivity contribution < 1.29 is 14.6 Å². The molecule has 0 bridgehead atoms. The van der Waals surface area contributed by atoms with E-state index in [4.69, 9.17) is 17.3 Å². The predicted octanol–water partition coefficient (Wildman–Crippen LogP) is 2.93. The van der Waals surface area contributed by atoms with E-state index in [0.29, 0.717) is 22.5 Å². The van der Waals surface area contributed by atoms with E-state index in [1.165, 1.54) is 19.1 Å². The summed E-state index contributed by atoms with van der Waals surface area (Å²) in [6.07, 6.45) is 0. The van der Waals surface area contributed by atoms with Crippen molar-refractivity contribution in [2.75, 3.05) is 6.54 Å². The highest BCUT2D eigenvalue weighted by Crippen LogP contribution is 2.37. The summed E-state index contributed by atoms with van der Waals surface area (Å²) in [5, 5.41) is 21.0. The Hall–Kier alpha value is -1.53.